The lowest BCUT2D eigenvalue weighted by Gasteiger charge is -1.98. The van der Waals surface area contributed by atoms with Gasteiger partial charge in [-0.1, -0.05) is 23.8 Å². The molecular weight excluding hydrogens is 244 g/mol. The Bertz CT molecular complexity index is 499. The van der Waals surface area contributed by atoms with E-state index in [4.69, 9.17) is 4.74 Å². The fourth-order valence-electron chi connectivity index (χ4n) is 1.83. The highest BCUT2D eigenvalue weighted by Gasteiger charge is 2.11. The van der Waals surface area contributed by atoms with Crippen molar-refractivity contribution in [2.24, 2.45) is 0 Å². The van der Waals surface area contributed by atoms with Crippen molar-refractivity contribution < 1.29 is 4.74 Å². The summed E-state index contributed by atoms with van der Waals surface area (Å²) in [4.78, 5) is 5.93. The minimum Gasteiger partial charge on any atom is -0.378 e. The molecule has 2 aromatic rings. The van der Waals surface area contributed by atoms with E-state index < -0.39 is 0 Å². The zero-order chi connectivity index (χ0) is 13.0. The van der Waals surface area contributed by atoms with E-state index >= 15 is 0 Å². The SMILES string of the molecule is CNCc1sc(-c2cccc(C)c2)nc1COC. The monoisotopic (exact) mass is 262 g/mol. The fourth-order valence-corrected chi connectivity index (χ4v) is 2.91. The molecule has 0 aliphatic carbocycles. The maximum absolute atomic E-state index is 5.20. The van der Waals surface area contributed by atoms with Gasteiger partial charge in [-0.25, -0.2) is 4.98 Å². The van der Waals surface area contributed by atoms with Gasteiger partial charge >= 0.3 is 0 Å². The predicted octanol–water partition coefficient (Wildman–Crippen LogP) is 2.98. The normalized spacial score (nSPS) is 10.8. The first-order valence-corrected chi connectivity index (χ1v) is 6.75. The lowest BCUT2D eigenvalue weighted by Crippen LogP contribution is -2.06. The van der Waals surface area contributed by atoms with Gasteiger partial charge in [0, 0.05) is 24.1 Å². The highest BCUT2D eigenvalue weighted by molar-refractivity contribution is 7.15. The lowest BCUT2D eigenvalue weighted by atomic mass is 10.1. The van der Waals surface area contributed by atoms with E-state index in [9.17, 15) is 0 Å². The number of aryl methyl sites for hydroxylation is 1. The largest absolute Gasteiger partial charge is 0.378 e. The van der Waals surface area contributed by atoms with Crippen LogP contribution in [0.1, 0.15) is 16.1 Å². The summed E-state index contributed by atoms with van der Waals surface area (Å²) in [6.07, 6.45) is 0. The molecule has 1 aromatic heterocycles. The van der Waals surface area contributed by atoms with Gasteiger partial charge in [-0.3, -0.25) is 0 Å². The first-order chi connectivity index (χ1) is 8.74. The fraction of sp³-hybridized carbons (Fsp3) is 0.357. The smallest absolute Gasteiger partial charge is 0.124 e. The van der Waals surface area contributed by atoms with E-state index in [1.54, 1.807) is 18.4 Å². The molecule has 0 aliphatic heterocycles. The molecule has 0 bridgehead atoms. The third-order valence-corrected chi connectivity index (χ3v) is 3.81. The molecule has 0 saturated carbocycles. The number of hydrogen-bond donors (Lipinski definition) is 1. The molecule has 1 aromatic carbocycles. The van der Waals surface area contributed by atoms with Crippen molar-refractivity contribution in [2.75, 3.05) is 14.2 Å². The van der Waals surface area contributed by atoms with Gasteiger partial charge in [-0.15, -0.1) is 11.3 Å². The van der Waals surface area contributed by atoms with Crippen molar-refractivity contribution in [1.82, 2.24) is 10.3 Å². The molecule has 3 nitrogen and oxygen atoms in total. The van der Waals surface area contributed by atoms with Crippen LogP contribution in [-0.2, 0) is 17.9 Å². The quantitative estimate of drug-likeness (QED) is 0.899. The Morgan fingerprint density at radius 2 is 2.22 bits per heavy atom. The van der Waals surface area contributed by atoms with Gasteiger partial charge in [0.2, 0.25) is 0 Å². The molecule has 0 atom stereocenters. The standard InChI is InChI=1S/C14H18N2OS/c1-10-5-4-6-11(7-10)14-16-12(9-17-3)13(18-14)8-15-2/h4-7,15H,8-9H2,1-3H3. The first kappa shape index (κ1) is 13.2. The van der Waals surface area contributed by atoms with Crippen LogP contribution < -0.4 is 5.32 Å². The van der Waals surface area contributed by atoms with E-state index in [0.29, 0.717) is 6.61 Å². The van der Waals surface area contributed by atoms with Gasteiger partial charge in [0.05, 0.1) is 12.3 Å². The summed E-state index contributed by atoms with van der Waals surface area (Å²) in [5.41, 5.74) is 3.47. The Morgan fingerprint density at radius 3 is 2.89 bits per heavy atom. The highest BCUT2D eigenvalue weighted by atomic mass is 32.1. The van der Waals surface area contributed by atoms with Crippen LogP contribution in [0.4, 0.5) is 0 Å². The second kappa shape index (κ2) is 6.09. The molecule has 0 radical (unpaired) electrons. The maximum Gasteiger partial charge on any atom is 0.124 e. The minimum absolute atomic E-state index is 0.569. The van der Waals surface area contributed by atoms with Gasteiger partial charge in [0.1, 0.15) is 5.01 Å². The van der Waals surface area contributed by atoms with Crippen molar-refractivity contribution >= 4 is 11.3 Å². The summed E-state index contributed by atoms with van der Waals surface area (Å²) in [5.74, 6) is 0. The zero-order valence-corrected chi connectivity index (χ0v) is 11.8. The van der Waals surface area contributed by atoms with Crippen molar-refractivity contribution in [2.45, 2.75) is 20.1 Å². The summed E-state index contributed by atoms with van der Waals surface area (Å²) >= 11 is 1.73. The van der Waals surface area contributed by atoms with Crippen molar-refractivity contribution in [3.05, 3.63) is 40.4 Å². The number of thiazole rings is 1. The predicted molar refractivity (Wildman–Crippen MR) is 75.8 cm³/mol. The van der Waals surface area contributed by atoms with E-state index in [1.807, 2.05) is 7.05 Å². The van der Waals surface area contributed by atoms with Crippen LogP contribution in [0.5, 0.6) is 0 Å². The van der Waals surface area contributed by atoms with Gasteiger partial charge in [-0.05, 0) is 20.0 Å². The summed E-state index contributed by atoms with van der Waals surface area (Å²) in [6.45, 7) is 3.50. The molecule has 18 heavy (non-hydrogen) atoms. The Morgan fingerprint density at radius 1 is 1.39 bits per heavy atom. The van der Waals surface area contributed by atoms with Crippen LogP contribution in [0, 0.1) is 6.92 Å². The highest BCUT2D eigenvalue weighted by Crippen LogP contribution is 2.29. The van der Waals surface area contributed by atoms with Gasteiger partial charge in [-0.2, -0.15) is 0 Å². The number of nitrogens with zero attached hydrogens (tertiary/aromatic N) is 1. The molecule has 0 amide bonds. The van der Waals surface area contributed by atoms with Gasteiger partial charge in [0.15, 0.2) is 0 Å². The van der Waals surface area contributed by atoms with E-state index in [0.717, 1.165) is 17.2 Å². The number of nitrogens with one attached hydrogen (secondary N) is 1. The number of methoxy groups -OCH3 is 1. The molecule has 4 heteroatoms. The lowest BCUT2D eigenvalue weighted by molar-refractivity contribution is 0.181. The summed E-state index contributed by atoms with van der Waals surface area (Å²) in [6, 6.07) is 8.44. The molecule has 96 valence electrons. The average Bonchev–Trinajstić information content (AvgIpc) is 2.74. The van der Waals surface area contributed by atoms with Crippen molar-refractivity contribution in [3.63, 3.8) is 0 Å². The molecule has 0 unspecified atom stereocenters. The molecule has 0 aliphatic rings. The van der Waals surface area contributed by atoms with Crippen LogP contribution in [0.3, 0.4) is 0 Å². The number of ether oxygens (including phenoxy) is 1. The van der Waals surface area contributed by atoms with Crippen LogP contribution >= 0.6 is 11.3 Å². The summed E-state index contributed by atoms with van der Waals surface area (Å²) in [5, 5.41) is 4.24. The van der Waals surface area contributed by atoms with Gasteiger partial charge < -0.3 is 10.1 Å². The van der Waals surface area contributed by atoms with Crippen LogP contribution in [0.25, 0.3) is 10.6 Å². The number of aromatic nitrogens is 1. The van der Waals surface area contributed by atoms with Crippen molar-refractivity contribution in [3.8, 4) is 10.6 Å². The second-order valence-electron chi connectivity index (χ2n) is 4.22. The molecule has 1 heterocycles. The average molecular weight is 262 g/mol. The third kappa shape index (κ3) is 2.96. The molecule has 2 rings (SSSR count). The van der Waals surface area contributed by atoms with Crippen LogP contribution in [-0.4, -0.2) is 19.1 Å². The second-order valence-corrected chi connectivity index (χ2v) is 5.31. The van der Waals surface area contributed by atoms with E-state index in [1.165, 1.54) is 16.0 Å². The molecule has 0 spiro atoms. The molecule has 0 fully saturated rings. The van der Waals surface area contributed by atoms with Gasteiger partial charge in [0.25, 0.3) is 0 Å². The number of rotatable bonds is 5. The number of hydrogen-bond acceptors (Lipinski definition) is 4. The van der Waals surface area contributed by atoms with Crippen molar-refractivity contribution in [1.29, 1.82) is 0 Å². The Kier molecular flexibility index (Phi) is 4.47. The minimum atomic E-state index is 0.569. The summed E-state index contributed by atoms with van der Waals surface area (Å²) < 4.78 is 5.20. The Labute approximate surface area is 112 Å². The maximum atomic E-state index is 5.20. The molecule has 0 saturated heterocycles. The third-order valence-electron chi connectivity index (χ3n) is 2.66. The Balaban J connectivity index is 2.36. The molecular formula is C14H18N2OS. The molecule has 1 N–H and O–H groups in total. The van der Waals surface area contributed by atoms with E-state index in [2.05, 4.69) is 41.5 Å². The van der Waals surface area contributed by atoms with E-state index in [-0.39, 0.29) is 0 Å². The first-order valence-electron chi connectivity index (χ1n) is 5.93. The number of benzene rings is 1. The zero-order valence-electron chi connectivity index (χ0n) is 11.0. The van der Waals surface area contributed by atoms with Crippen LogP contribution in [0.15, 0.2) is 24.3 Å². The van der Waals surface area contributed by atoms with Crippen LogP contribution in [0.2, 0.25) is 0 Å². The summed E-state index contributed by atoms with van der Waals surface area (Å²) in [7, 11) is 3.65. The Hall–Kier alpha value is -1.23. The topological polar surface area (TPSA) is 34.2 Å².